The number of hydrogen-bond donors (Lipinski definition) is 2. The molecular weight excluding hydrogens is 224 g/mol. The van der Waals surface area contributed by atoms with Gasteiger partial charge >= 0.3 is 0 Å². The van der Waals surface area contributed by atoms with E-state index in [4.69, 9.17) is 16.2 Å². The standard InChI is InChI=1S/C15H18N2O/c16-10-14(17)11-18-15-8-6-13(7-9-15)12-4-2-1-3-5-12/h1-9,14H,10-11,16-17H2. The van der Waals surface area contributed by atoms with Gasteiger partial charge in [0.2, 0.25) is 0 Å². The first kappa shape index (κ1) is 12.6. The van der Waals surface area contributed by atoms with E-state index >= 15 is 0 Å². The minimum absolute atomic E-state index is 0.112. The molecule has 1 unspecified atom stereocenters. The molecule has 0 saturated carbocycles. The molecule has 0 radical (unpaired) electrons. The van der Waals surface area contributed by atoms with E-state index in [1.807, 2.05) is 42.5 Å². The zero-order valence-electron chi connectivity index (χ0n) is 10.3. The third-order valence-electron chi connectivity index (χ3n) is 2.73. The van der Waals surface area contributed by atoms with Crippen LogP contribution in [0.25, 0.3) is 11.1 Å². The molecule has 2 aromatic rings. The Balaban J connectivity index is 2.02. The Morgan fingerprint density at radius 2 is 1.50 bits per heavy atom. The van der Waals surface area contributed by atoms with Crippen molar-refractivity contribution in [2.75, 3.05) is 13.2 Å². The molecule has 0 spiro atoms. The molecule has 2 rings (SSSR count). The summed E-state index contributed by atoms with van der Waals surface area (Å²) in [4.78, 5) is 0. The van der Waals surface area contributed by atoms with Crippen molar-refractivity contribution in [1.82, 2.24) is 0 Å². The molecule has 0 aromatic heterocycles. The number of ether oxygens (including phenoxy) is 1. The van der Waals surface area contributed by atoms with Crippen molar-refractivity contribution in [3.05, 3.63) is 54.6 Å². The monoisotopic (exact) mass is 242 g/mol. The molecule has 1 atom stereocenters. The molecule has 0 amide bonds. The average Bonchev–Trinajstić information content (AvgIpc) is 2.46. The van der Waals surface area contributed by atoms with E-state index in [9.17, 15) is 0 Å². The highest BCUT2D eigenvalue weighted by molar-refractivity contribution is 5.63. The Morgan fingerprint density at radius 3 is 2.11 bits per heavy atom. The van der Waals surface area contributed by atoms with Crippen LogP contribution in [0.5, 0.6) is 5.75 Å². The smallest absolute Gasteiger partial charge is 0.119 e. The first-order valence-electron chi connectivity index (χ1n) is 6.03. The normalized spacial score (nSPS) is 12.1. The molecule has 0 saturated heterocycles. The second kappa shape index (κ2) is 6.19. The Labute approximate surface area is 107 Å². The van der Waals surface area contributed by atoms with E-state index in [-0.39, 0.29) is 6.04 Å². The van der Waals surface area contributed by atoms with Crippen LogP contribution in [-0.2, 0) is 0 Å². The van der Waals surface area contributed by atoms with Crippen LogP contribution in [0.1, 0.15) is 0 Å². The highest BCUT2D eigenvalue weighted by atomic mass is 16.5. The fraction of sp³-hybridized carbons (Fsp3) is 0.200. The maximum absolute atomic E-state index is 5.69. The molecular formula is C15H18N2O. The highest BCUT2D eigenvalue weighted by Gasteiger charge is 2.01. The van der Waals surface area contributed by atoms with E-state index in [1.165, 1.54) is 11.1 Å². The Bertz CT molecular complexity index is 468. The zero-order chi connectivity index (χ0) is 12.8. The zero-order valence-corrected chi connectivity index (χ0v) is 10.3. The van der Waals surface area contributed by atoms with Gasteiger partial charge in [-0.05, 0) is 23.3 Å². The summed E-state index contributed by atoms with van der Waals surface area (Å²) in [6, 6.07) is 18.1. The first-order valence-corrected chi connectivity index (χ1v) is 6.03. The van der Waals surface area contributed by atoms with Crippen molar-refractivity contribution in [1.29, 1.82) is 0 Å². The van der Waals surface area contributed by atoms with Crippen LogP contribution in [-0.4, -0.2) is 19.2 Å². The van der Waals surface area contributed by atoms with E-state index in [1.54, 1.807) is 0 Å². The lowest BCUT2D eigenvalue weighted by atomic mass is 10.1. The molecule has 3 heteroatoms. The van der Waals surface area contributed by atoms with Crippen LogP contribution in [0.3, 0.4) is 0 Å². The highest BCUT2D eigenvalue weighted by Crippen LogP contribution is 2.21. The van der Waals surface area contributed by atoms with E-state index < -0.39 is 0 Å². The third-order valence-corrected chi connectivity index (χ3v) is 2.73. The summed E-state index contributed by atoms with van der Waals surface area (Å²) < 4.78 is 5.54. The second-order valence-electron chi connectivity index (χ2n) is 4.20. The van der Waals surface area contributed by atoms with Gasteiger partial charge in [0.05, 0.1) is 6.04 Å². The van der Waals surface area contributed by atoms with Crippen LogP contribution in [0, 0.1) is 0 Å². The predicted molar refractivity (Wildman–Crippen MR) is 74.4 cm³/mol. The van der Waals surface area contributed by atoms with Crippen LogP contribution >= 0.6 is 0 Å². The molecule has 0 aliphatic rings. The molecule has 18 heavy (non-hydrogen) atoms. The van der Waals surface area contributed by atoms with Crippen LogP contribution < -0.4 is 16.2 Å². The summed E-state index contributed by atoms with van der Waals surface area (Å²) in [5, 5.41) is 0. The van der Waals surface area contributed by atoms with Gasteiger partial charge in [0.25, 0.3) is 0 Å². The number of nitrogens with two attached hydrogens (primary N) is 2. The van der Waals surface area contributed by atoms with E-state index in [2.05, 4.69) is 12.1 Å². The van der Waals surface area contributed by atoms with E-state index in [0.717, 1.165) is 5.75 Å². The van der Waals surface area contributed by atoms with Gasteiger partial charge < -0.3 is 16.2 Å². The predicted octanol–water partition coefficient (Wildman–Crippen LogP) is 2.02. The van der Waals surface area contributed by atoms with Crippen molar-refractivity contribution in [2.24, 2.45) is 11.5 Å². The molecule has 3 nitrogen and oxygen atoms in total. The number of hydrogen-bond acceptors (Lipinski definition) is 3. The average molecular weight is 242 g/mol. The Kier molecular flexibility index (Phi) is 4.34. The Hall–Kier alpha value is -1.84. The van der Waals surface area contributed by atoms with Crippen molar-refractivity contribution in [3.8, 4) is 16.9 Å². The fourth-order valence-corrected chi connectivity index (χ4v) is 1.65. The van der Waals surface area contributed by atoms with Gasteiger partial charge in [0.1, 0.15) is 12.4 Å². The minimum Gasteiger partial charge on any atom is -0.492 e. The largest absolute Gasteiger partial charge is 0.492 e. The SMILES string of the molecule is NCC(N)COc1ccc(-c2ccccc2)cc1. The van der Waals surface area contributed by atoms with Crippen LogP contribution in [0.2, 0.25) is 0 Å². The molecule has 4 N–H and O–H groups in total. The van der Waals surface area contributed by atoms with Gasteiger partial charge in [-0.15, -0.1) is 0 Å². The second-order valence-corrected chi connectivity index (χ2v) is 4.20. The summed E-state index contributed by atoms with van der Waals surface area (Å²) in [5.74, 6) is 0.818. The maximum Gasteiger partial charge on any atom is 0.119 e. The lowest BCUT2D eigenvalue weighted by Crippen LogP contribution is -2.35. The van der Waals surface area contributed by atoms with Gasteiger partial charge in [-0.1, -0.05) is 42.5 Å². The topological polar surface area (TPSA) is 61.3 Å². The number of rotatable bonds is 5. The minimum atomic E-state index is -0.112. The van der Waals surface area contributed by atoms with Gasteiger partial charge in [-0.3, -0.25) is 0 Å². The summed E-state index contributed by atoms with van der Waals surface area (Å²) in [6.07, 6.45) is 0. The van der Waals surface area contributed by atoms with E-state index in [0.29, 0.717) is 13.2 Å². The molecule has 0 bridgehead atoms. The van der Waals surface area contributed by atoms with Crippen molar-refractivity contribution in [2.45, 2.75) is 6.04 Å². The molecule has 0 aliphatic carbocycles. The lowest BCUT2D eigenvalue weighted by Gasteiger charge is -2.11. The summed E-state index contributed by atoms with van der Waals surface area (Å²) in [7, 11) is 0. The van der Waals surface area contributed by atoms with Crippen molar-refractivity contribution >= 4 is 0 Å². The van der Waals surface area contributed by atoms with Gasteiger partial charge in [0, 0.05) is 6.54 Å². The third kappa shape index (κ3) is 3.32. The molecule has 0 aliphatic heterocycles. The van der Waals surface area contributed by atoms with Gasteiger partial charge in [-0.2, -0.15) is 0 Å². The number of benzene rings is 2. The lowest BCUT2D eigenvalue weighted by molar-refractivity contribution is 0.291. The summed E-state index contributed by atoms with van der Waals surface area (Å²) >= 11 is 0. The van der Waals surface area contributed by atoms with Crippen LogP contribution in [0.15, 0.2) is 54.6 Å². The summed E-state index contributed by atoms with van der Waals surface area (Å²) in [5.41, 5.74) is 13.5. The fourth-order valence-electron chi connectivity index (χ4n) is 1.65. The van der Waals surface area contributed by atoms with Crippen molar-refractivity contribution < 1.29 is 4.74 Å². The molecule has 94 valence electrons. The van der Waals surface area contributed by atoms with Gasteiger partial charge in [0.15, 0.2) is 0 Å². The molecule has 2 aromatic carbocycles. The summed E-state index contributed by atoms with van der Waals surface area (Å²) in [6.45, 7) is 0.878. The first-order chi connectivity index (χ1) is 8.79. The van der Waals surface area contributed by atoms with Gasteiger partial charge in [-0.25, -0.2) is 0 Å². The van der Waals surface area contributed by atoms with Crippen LogP contribution in [0.4, 0.5) is 0 Å². The maximum atomic E-state index is 5.69. The molecule has 0 fully saturated rings. The quantitative estimate of drug-likeness (QED) is 0.843. The molecule has 0 heterocycles. The van der Waals surface area contributed by atoms with Crippen molar-refractivity contribution in [3.63, 3.8) is 0 Å². The Morgan fingerprint density at radius 1 is 0.889 bits per heavy atom.